The molecule has 0 bridgehead atoms. The first-order valence-electron chi connectivity index (χ1n) is 5.38. The maximum absolute atomic E-state index is 11.8. The van der Waals surface area contributed by atoms with Crippen LogP contribution in [0, 0.1) is 0 Å². The van der Waals surface area contributed by atoms with Gasteiger partial charge in [-0.05, 0) is 12.8 Å². The Morgan fingerprint density at radius 3 is 2.62 bits per heavy atom. The highest BCUT2D eigenvalue weighted by Crippen LogP contribution is 2.14. The minimum atomic E-state index is -0.955. The quantitative estimate of drug-likeness (QED) is 0.641. The SMILES string of the molecule is O=C(O)CCN(CCO)C(=O)C1CCCO1. The van der Waals surface area contributed by atoms with Gasteiger partial charge in [0.2, 0.25) is 0 Å². The summed E-state index contributed by atoms with van der Waals surface area (Å²) in [7, 11) is 0. The molecule has 2 N–H and O–H groups in total. The van der Waals surface area contributed by atoms with Gasteiger partial charge in [0.05, 0.1) is 13.0 Å². The van der Waals surface area contributed by atoms with Crippen LogP contribution in [0.2, 0.25) is 0 Å². The molecule has 6 nitrogen and oxygen atoms in total. The van der Waals surface area contributed by atoms with E-state index in [0.29, 0.717) is 13.0 Å². The third-order valence-electron chi connectivity index (χ3n) is 2.48. The molecule has 1 atom stereocenters. The molecule has 16 heavy (non-hydrogen) atoms. The van der Waals surface area contributed by atoms with Crippen LogP contribution in [0.4, 0.5) is 0 Å². The number of ether oxygens (including phenoxy) is 1. The molecule has 0 radical (unpaired) electrons. The molecular formula is C10H17NO5. The molecule has 1 amide bonds. The fraction of sp³-hybridized carbons (Fsp3) is 0.800. The van der Waals surface area contributed by atoms with Gasteiger partial charge >= 0.3 is 5.97 Å². The second kappa shape index (κ2) is 6.44. The van der Waals surface area contributed by atoms with Crippen LogP contribution in [0.15, 0.2) is 0 Å². The smallest absolute Gasteiger partial charge is 0.305 e. The normalized spacial score (nSPS) is 19.7. The Bertz CT molecular complexity index is 250. The summed E-state index contributed by atoms with van der Waals surface area (Å²) in [5.74, 6) is -1.17. The van der Waals surface area contributed by atoms with Gasteiger partial charge in [0.1, 0.15) is 6.10 Å². The first-order valence-corrected chi connectivity index (χ1v) is 5.38. The summed E-state index contributed by atoms with van der Waals surface area (Å²) in [6, 6.07) is 0. The highest BCUT2D eigenvalue weighted by molar-refractivity contribution is 5.81. The van der Waals surface area contributed by atoms with E-state index < -0.39 is 12.1 Å². The van der Waals surface area contributed by atoms with Gasteiger partial charge in [-0.15, -0.1) is 0 Å². The Hall–Kier alpha value is -1.14. The van der Waals surface area contributed by atoms with Crippen molar-refractivity contribution in [2.45, 2.75) is 25.4 Å². The Kier molecular flexibility index (Phi) is 5.21. The van der Waals surface area contributed by atoms with Crippen LogP contribution in [0.5, 0.6) is 0 Å². The van der Waals surface area contributed by atoms with Gasteiger partial charge < -0.3 is 19.8 Å². The summed E-state index contributed by atoms with van der Waals surface area (Å²) >= 11 is 0. The van der Waals surface area contributed by atoms with E-state index in [1.54, 1.807) is 0 Å². The lowest BCUT2D eigenvalue weighted by Gasteiger charge is -2.23. The lowest BCUT2D eigenvalue weighted by molar-refractivity contribution is -0.143. The molecule has 92 valence electrons. The first kappa shape index (κ1) is 12.9. The summed E-state index contributed by atoms with van der Waals surface area (Å²) in [6.45, 7) is 0.681. The van der Waals surface area contributed by atoms with Gasteiger partial charge in [-0.2, -0.15) is 0 Å². The van der Waals surface area contributed by atoms with Crippen LogP contribution >= 0.6 is 0 Å². The standard InChI is InChI=1S/C10H17NO5/c12-6-5-11(4-3-9(13)14)10(15)8-2-1-7-16-8/h8,12H,1-7H2,(H,13,14). The number of hydrogen-bond donors (Lipinski definition) is 2. The average molecular weight is 231 g/mol. The molecule has 0 saturated carbocycles. The molecular weight excluding hydrogens is 214 g/mol. The van der Waals surface area contributed by atoms with Crippen molar-refractivity contribution in [3.63, 3.8) is 0 Å². The fourth-order valence-electron chi connectivity index (χ4n) is 1.66. The molecule has 1 saturated heterocycles. The molecule has 1 heterocycles. The molecule has 0 aromatic carbocycles. The van der Waals surface area contributed by atoms with Gasteiger partial charge in [-0.1, -0.05) is 0 Å². The highest BCUT2D eigenvalue weighted by atomic mass is 16.5. The van der Waals surface area contributed by atoms with E-state index in [4.69, 9.17) is 14.9 Å². The van der Waals surface area contributed by atoms with Crippen LogP contribution in [-0.4, -0.2) is 59.4 Å². The predicted octanol–water partition coefficient (Wildman–Crippen LogP) is -0.539. The van der Waals surface area contributed by atoms with Gasteiger partial charge in [0.15, 0.2) is 0 Å². The number of nitrogens with zero attached hydrogens (tertiary/aromatic N) is 1. The van der Waals surface area contributed by atoms with Crippen molar-refractivity contribution in [1.82, 2.24) is 4.90 Å². The number of amides is 1. The van der Waals surface area contributed by atoms with Gasteiger partial charge in [-0.25, -0.2) is 0 Å². The lowest BCUT2D eigenvalue weighted by atomic mass is 10.2. The molecule has 1 unspecified atom stereocenters. The van der Waals surface area contributed by atoms with E-state index in [0.717, 1.165) is 6.42 Å². The zero-order valence-electron chi connectivity index (χ0n) is 9.09. The van der Waals surface area contributed by atoms with E-state index in [1.165, 1.54) is 4.90 Å². The molecule has 1 rings (SSSR count). The van der Waals surface area contributed by atoms with Crippen LogP contribution < -0.4 is 0 Å². The average Bonchev–Trinajstić information content (AvgIpc) is 2.76. The number of carbonyl (C=O) groups is 2. The predicted molar refractivity (Wildman–Crippen MR) is 54.9 cm³/mol. The highest BCUT2D eigenvalue weighted by Gasteiger charge is 2.28. The summed E-state index contributed by atoms with van der Waals surface area (Å²) in [5, 5.41) is 17.4. The van der Waals surface area contributed by atoms with Gasteiger partial charge in [0, 0.05) is 19.7 Å². The van der Waals surface area contributed by atoms with E-state index >= 15 is 0 Å². The Balaban J connectivity index is 2.46. The van der Waals surface area contributed by atoms with E-state index in [9.17, 15) is 9.59 Å². The molecule has 1 aliphatic heterocycles. The van der Waals surface area contributed by atoms with E-state index in [2.05, 4.69) is 0 Å². The van der Waals surface area contributed by atoms with Crippen molar-refractivity contribution >= 4 is 11.9 Å². The molecule has 0 aliphatic carbocycles. The summed E-state index contributed by atoms with van der Waals surface area (Å²) in [6.07, 6.45) is 0.953. The molecule has 1 fully saturated rings. The number of aliphatic hydroxyl groups is 1. The summed E-state index contributed by atoms with van der Waals surface area (Å²) in [4.78, 5) is 23.6. The Morgan fingerprint density at radius 1 is 1.38 bits per heavy atom. The fourth-order valence-corrected chi connectivity index (χ4v) is 1.66. The van der Waals surface area contributed by atoms with Crippen LogP contribution in [0.25, 0.3) is 0 Å². The molecule has 6 heteroatoms. The van der Waals surface area contributed by atoms with Crippen LogP contribution in [0.1, 0.15) is 19.3 Å². The number of carboxylic acid groups (broad SMARTS) is 1. The van der Waals surface area contributed by atoms with E-state index in [1.807, 2.05) is 0 Å². The van der Waals surface area contributed by atoms with Crippen molar-refractivity contribution in [3.8, 4) is 0 Å². The first-order chi connectivity index (χ1) is 7.65. The van der Waals surface area contributed by atoms with E-state index in [-0.39, 0.29) is 32.0 Å². The topological polar surface area (TPSA) is 87.1 Å². The number of carboxylic acids is 1. The minimum Gasteiger partial charge on any atom is -0.481 e. The largest absolute Gasteiger partial charge is 0.481 e. The van der Waals surface area contributed by atoms with Gasteiger partial charge in [-0.3, -0.25) is 9.59 Å². The zero-order chi connectivity index (χ0) is 12.0. The number of hydrogen-bond acceptors (Lipinski definition) is 4. The number of carbonyl (C=O) groups excluding carboxylic acids is 1. The van der Waals surface area contributed by atoms with Crippen molar-refractivity contribution in [2.75, 3.05) is 26.3 Å². The summed E-state index contributed by atoms with van der Waals surface area (Å²) < 4.78 is 5.23. The van der Waals surface area contributed by atoms with Crippen molar-refractivity contribution < 1.29 is 24.5 Å². The Labute approximate surface area is 93.8 Å². The minimum absolute atomic E-state index is 0.113. The number of aliphatic hydroxyl groups excluding tert-OH is 1. The maximum Gasteiger partial charge on any atom is 0.305 e. The number of rotatable bonds is 6. The maximum atomic E-state index is 11.8. The second-order valence-corrected chi connectivity index (χ2v) is 3.69. The second-order valence-electron chi connectivity index (χ2n) is 3.69. The molecule has 1 aliphatic rings. The number of aliphatic carboxylic acids is 1. The lowest BCUT2D eigenvalue weighted by Crippen LogP contribution is -2.41. The molecule has 0 aromatic rings. The van der Waals surface area contributed by atoms with Gasteiger partial charge in [0.25, 0.3) is 5.91 Å². The third-order valence-corrected chi connectivity index (χ3v) is 2.48. The van der Waals surface area contributed by atoms with Crippen molar-refractivity contribution in [1.29, 1.82) is 0 Å². The van der Waals surface area contributed by atoms with Crippen molar-refractivity contribution in [3.05, 3.63) is 0 Å². The summed E-state index contributed by atoms with van der Waals surface area (Å²) in [5.41, 5.74) is 0. The zero-order valence-corrected chi connectivity index (χ0v) is 9.09. The third kappa shape index (κ3) is 3.79. The van der Waals surface area contributed by atoms with Crippen LogP contribution in [0.3, 0.4) is 0 Å². The van der Waals surface area contributed by atoms with Crippen LogP contribution in [-0.2, 0) is 14.3 Å². The van der Waals surface area contributed by atoms with Crippen molar-refractivity contribution in [2.24, 2.45) is 0 Å². The Morgan fingerprint density at radius 2 is 2.12 bits per heavy atom. The molecule has 0 aromatic heterocycles. The monoisotopic (exact) mass is 231 g/mol. The molecule has 0 spiro atoms.